The van der Waals surface area contributed by atoms with Gasteiger partial charge in [-0.3, -0.25) is 14.9 Å². The standard InChI is InChI=1S/C16H13ClN2O6/c17-11-3-1-6-14(7-11)24-10-16(21)25-9-15(20)18-12-4-2-5-13(8-12)19(22)23/h1-8H,9-10H2,(H,18,20). The molecule has 0 bridgehead atoms. The van der Waals surface area contributed by atoms with Crippen molar-refractivity contribution in [1.29, 1.82) is 0 Å². The Morgan fingerprint density at radius 2 is 1.88 bits per heavy atom. The summed E-state index contributed by atoms with van der Waals surface area (Å²) in [6.07, 6.45) is 0. The van der Waals surface area contributed by atoms with Crippen LogP contribution in [0.1, 0.15) is 0 Å². The van der Waals surface area contributed by atoms with Crippen molar-refractivity contribution in [2.45, 2.75) is 0 Å². The van der Waals surface area contributed by atoms with Crippen molar-refractivity contribution in [3.8, 4) is 5.75 Å². The van der Waals surface area contributed by atoms with Crippen molar-refractivity contribution in [2.75, 3.05) is 18.5 Å². The monoisotopic (exact) mass is 364 g/mol. The molecule has 2 aromatic rings. The molecule has 0 aliphatic heterocycles. The maximum atomic E-state index is 11.7. The van der Waals surface area contributed by atoms with E-state index in [4.69, 9.17) is 21.1 Å². The average Bonchev–Trinajstić information content (AvgIpc) is 2.58. The highest BCUT2D eigenvalue weighted by Gasteiger charge is 2.11. The number of rotatable bonds is 7. The van der Waals surface area contributed by atoms with Crippen LogP contribution in [0.5, 0.6) is 5.75 Å². The molecule has 1 amide bonds. The first-order valence-electron chi connectivity index (χ1n) is 7.02. The molecule has 0 spiro atoms. The van der Waals surface area contributed by atoms with E-state index >= 15 is 0 Å². The van der Waals surface area contributed by atoms with Gasteiger partial charge in [0.1, 0.15) is 5.75 Å². The number of amides is 1. The van der Waals surface area contributed by atoms with Gasteiger partial charge in [0, 0.05) is 22.8 Å². The normalized spacial score (nSPS) is 9.96. The lowest BCUT2D eigenvalue weighted by Gasteiger charge is -2.08. The first-order valence-corrected chi connectivity index (χ1v) is 7.40. The highest BCUT2D eigenvalue weighted by atomic mass is 35.5. The average molecular weight is 365 g/mol. The van der Waals surface area contributed by atoms with Crippen LogP contribution in [0, 0.1) is 10.1 Å². The van der Waals surface area contributed by atoms with Crippen LogP contribution in [0.4, 0.5) is 11.4 Å². The molecule has 0 fully saturated rings. The Kier molecular flexibility index (Phi) is 6.30. The van der Waals surface area contributed by atoms with Gasteiger partial charge in [0.15, 0.2) is 13.2 Å². The van der Waals surface area contributed by atoms with E-state index in [9.17, 15) is 19.7 Å². The fourth-order valence-electron chi connectivity index (χ4n) is 1.78. The largest absolute Gasteiger partial charge is 0.482 e. The topological polar surface area (TPSA) is 108 Å². The zero-order valence-electron chi connectivity index (χ0n) is 12.8. The molecule has 1 N–H and O–H groups in total. The quantitative estimate of drug-likeness (QED) is 0.460. The van der Waals surface area contributed by atoms with E-state index in [-0.39, 0.29) is 18.0 Å². The van der Waals surface area contributed by atoms with Gasteiger partial charge < -0.3 is 14.8 Å². The lowest BCUT2D eigenvalue weighted by atomic mass is 10.3. The summed E-state index contributed by atoms with van der Waals surface area (Å²) >= 11 is 5.78. The van der Waals surface area contributed by atoms with Gasteiger partial charge >= 0.3 is 5.97 Å². The Balaban J connectivity index is 1.76. The number of benzene rings is 2. The predicted molar refractivity (Wildman–Crippen MR) is 89.6 cm³/mol. The van der Waals surface area contributed by atoms with Gasteiger partial charge in [0.2, 0.25) is 0 Å². The molecule has 9 heteroatoms. The zero-order valence-corrected chi connectivity index (χ0v) is 13.6. The minimum absolute atomic E-state index is 0.162. The SMILES string of the molecule is O=C(COC(=O)COc1cccc(Cl)c1)Nc1cccc([N+](=O)[O-])c1. The summed E-state index contributed by atoms with van der Waals surface area (Å²) in [6, 6.07) is 11.9. The number of nitro benzene ring substituents is 1. The molecule has 2 rings (SSSR count). The van der Waals surface area contributed by atoms with Gasteiger partial charge in [-0.1, -0.05) is 23.7 Å². The highest BCUT2D eigenvalue weighted by Crippen LogP contribution is 2.17. The molecule has 0 radical (unpaired) electrons. The Morgan fingerprint density at radius 3 is 2.60 bits per heavy atom. The third-order valence-corrected chi connectivity index (χ3v) is 3.09. The van der Waals surface area contributed by atoms with Crippen molar-refractivity contribution in [3.63, 3.8) is 0 Å². The minimum atomic E-state index is -0.742. The number of hydrogen-bond donors (Lipinski definition) is 1. The van der Waals surface area contributed by atoms with Crippen LogP contribution < -0.4 is 10.1 Å². The van der Waals surface area contributed by atoms with Crippen LogP contribution in [0.3, 0.4) is 0 Å². The number of carbonyl (C=O) groups excluding carboxylic acids is 2. The summed E-state index contributed by atoms with van der Waals surface area (Å²) in [5.74, 6) is -0.976. The molecule has 0 aliphatic rings. The van der Waals surface area contributed by atoms with Crippen LogP contribution in [-0.4, -0.2) is 30.0 Å². The number of nitrogens with one attached hydrogen (secondary N) is 1. The number of esters is 1. The third kappa shape index (κ3) is 6.11. The molecule has 130 valence electrons. The molecule has 0 aromatic heterocycles. The van der Waals surface area contributed by atoms with Crippen molar-refractivity contribution in [1.82, 2.24) is 0 Å². The fourth-order valence-corrected chi connectivity index (χ4v) is 1.96. The van der Waals surface area contributed by atoms with Gasteiger partial charge in [-0.25, -0.2) is 4.79 Å². The van der Waals surface area contributed by atoms with Crippen molar-refractivity contribution >= 4 is 34.9 Å². The molecule has 0 heterocycles. The molecular formula is C16H13ClN2O6. The second-order valence-corrected chi connectivity index (χ2v) is 5.20. The highest BCUT2D eigenvalue weighted by molar-refractivity contribution is 6.30. The summed E-state index contributed by atoms with van der Waals surface area (Å²) in [7, 11) is 0. The number of nitrogens with zero attached hydrogens (tertiary/aromatic N) is 1. The van der Waals surface area contributed by atoms with Gasteiger partial charge in [-0.15, -0.1) is 0 Å². The predicted octanol–water partition coefficient (Wildman–Crippen LogP) is 2.81. The Bertz CT molecular complexity index is 796. The van der Waals surface area contributed by atoms with Crippen molar-refractivity contribution in [3.05, 3.63) is 63.7 Å². The summed E-state index contributed by atoms with van der Waals surface area (Å²) in [6.45, 7) is -0.926. The molecule has 0 saturated heterocycles. The molecule has 8 nitrogen and oxygen atoms in total. The number of halogens is 1. The molecule has 0 saturated carbocycles. The first kappa shape index (κ1) is 18.2. The second-order valence-electron chi connectivity index (χ2n) is 4.76. The zero-order chi connectivity index (χ0) is 18.2. The number of hydrogen-bond acceptors (Lipinski definition) is 6. The van der Waals surface area contributed by atoms with Crippen LogP contribution in [-0.2, 0) is 14.3 Å². The third-order valence-electron chi connectivity index (χ3n) is 2.86. The Labute approximate surface area is 147 Å². The van der Waals surface area contributed by atoms with Crippen molar-refractivity contribution in [2.24, 2.45) is 0 Å². The second kappa shape index (κ2) is 8.65. The number of anilines is 1. The summed E-state index contributed by atoms with van der Waals surface area (Å²) in [4.78, 5) is 33.3. The molecule has 0 atom stereocenters. The van der Waals surface area contributed by atoms with Crippen LogP contribution in [0.15, 0.2) is 48.5 Å². The van der Waals surface area contributed by atoms with Crippen LogP contribution in [0.2, 0.25) is 5.02 Å². The maximum absolute atomic E-state index is 11.7. The van der Waals surface area contributed by atoms with Gasteiger partial charge in [0.25, 0.3) is 11.6 Å². The molecule has 25 heavy (non-hydrogen) atoms. The Hall–Kier alpha value is -3.13. The number of ether oxygens (including phenoxy) is 2. The summed E-state index contributed by atoms with van der Waals surface area (Å²) in [5, 5.41) is 13.5. The summed E-state index contributed by atoms with van der Waals surface area (Å²) < 4.78 is 9.94. The Morgan fingerprint density at radius 1 is 1.12 bits per heavy atom. The van der Waals surface area contributed by atoms with Gasteiger partial charge in [-0.05, 0) is 24.3 Å². The van der Waals surface area contributed by atoms with E-state index in [2.05, 4.69) is 5.32 Å². The lowest BCUT2D eigenvalue weighted by molar-refractivity contribution is -0.384. The smallest absolute Gasteiger partial charge is 0.344 e. The van der Waals surface area contributed by atoms with Gasteiger partial charge in [0.05, 0.1) is 4.92 Å². The minimum Gasteiger partial charge on any atom is -0.482 e. The fraction of sp³-hybridized carbons (Fsp3) is 0.125. The van der Waals surface area contributed by atoms with E-state index in [0.29, 0.717) is 10.8 Å². The van der Waals surface area contributed by atoms with E-state index in [1.54, 1.807) is 18.2 Å². The summed E-state index contributed by atoms with van der Waals surface area (Å²) in [5.41, 5.74) is 0.0649. The number of carbonyl (C=O) groups is 2. The lowest BCUT2D eigenvalue weighted by Crippen LogP contribution is -2.23. The molecule has 0 unspecified atom stereocenters. The molecular weight excluding hydrogens is 352 g/mol. The number of non-ortho nitro benzene ring substituents is 1. The van der Waals surface area contributed by atoms with Gasteiger partial charge in [-0.2, -0.15) is 0 Å². The maximum Gasteiger partial charge on any atom is 0.344 e. The van der Waals surface area contributed by atoms with Crippen LogP contribution in [0.25, 0.3) is 0 Å². The molecule has 0 aliphatic carbocycles. The van der Waals surface area contributed by atoms with Crippen LogP contribution >= 0.6 is 11.6 Å². The first-order chi connectivity index (χ1) is 11.9. The van der Waals surface area contributed by atoms with E-state index in [0.717, 1.165) is 0 Å². The van der Waals surface area contributed by atoms with Crippen molar-refractivity contribution < 1.29 is 24.0 Å². The van der Waals surface area contributed by atoms with E-state index in [1.165, 1.54) is 30.3 Å². The number of nitro groups is 1. The molecule has 2 aromatic carbocycles. The van der Waals surface area contributed by atoms with E-state index < -0.39 is 23.4 Å². The van der Waals surface area contributed by atoms with E-state index in [1.807, 2.05) is 0 Å².